The molecular weight excluding hydrogens is 210 g/mol. The molecule has 1 saturated heterocycles. The van der Waals surface area contributed by atoms with E-state index < -0.39 is 5.91 Å². The molecule has 1 aliphatic heterocycles. The van der Waals surface area contributed by atoms with Gasteiger partial charge in [0.05, 0.1) is 6.04 Å². The number of carbonyl (C=O) groups is 2. The predicted molar refractivity (Wildman–Crippen MR) is 55.9 cm³/mol. The van der Waals surface area contributed by atoms with Gasteiger partial charge in [0.2, 0.25) is 5.91 Å². The minimum absolute atomic E-state index is 0.180. The van der Waals surface area contributed by atoms with Gasteiger partial charge in [-0.3, -0.25) is 14.4 Å². The summed E-state index contributed by atoms with van der Waals surface area (Å²) < 4.78 is 0. The van der Waals surface area contributed by atoms with Crippen molar-refractivity contribution in [3.8, 4) is 0 Å². The van der Waals surface area contributed by atoms with E-state index >= 15 is 0 Å². The van der Waals surface area contributed by atoms with Gasteiger partial charge in [0.25, 0.3) is 5.91 Å². The summed E-state index contributed by atoms with van der Waals surface area (Å²) >= 11 is 0. The van der Waals surface area contributed by atoms with Crippen molar-refractivity contribution in [1.82, 2.24) is 10.8 Å². The molecule has 2 rings (SSSR count). The van der Waals surface area contributed by atoms with E-state index in [1.807, 2.05) is 0 Å². The molecule has 1 heterocycles. The van der Waals surface area contributed by atoms with Gasteiger partial charge in [0.1, 0.15) is 0 Å². The maximum absolute atomic E-state index is 11.7. The van der Waals surface area contributed by atoms with Crippen LogP contribution in [-0.4, -0.2) is 31.0 Å². The van der Waals surface area contributed by atoms with Crippen LogP contribution in [0.1, 0.15) is 19.3 Å². The van der Waals surface area contributed by atoms with Gasteiger partial charge >= 0.3 is 0 Å². The molecule has 3 atom stereocenters. The molecule has 2 fully saturated rings. The van der Waals surface area contributed by atoms with Crippen molar-refractivity contribution in [2.45, 2.75) is 25.3 Å². The fraction of sp³-hybridized carbons (Fsp3) is 0.800. The molecular formula is C10H17N3O3. The van der Waals surface area contributed by atoms with E-state index in [1.54, 1.807) is 0 Å². The number of hydrogen-bond acceptors (Lipinski definition) is 4. The zero-order chi connectivity index (χ0) is 11.5. The molecule has 1 saturated carbocycles. The molecule has 6 nitrogen and oxygen atoms in total. The van der Waals surface area contributed by atoms with Gasteiger partial charge in [-0.2, -0.15) is 0 Å². The standard InChI is InChI=1S/C10H17N3O3/c11-8(14)5-16-13-10(15)9-7-3-1-2-6(7)4-12-9/h6-7,9,12H,1-5H2,(H2,11,14)(H,13,15). The lowest BCUT2D eigenvalue weighted by molar-refractivity contribution is -0.140. The first kappa shape index (κ1) is 11.3. The number of carbonyl (C=O) groups excluding carboxylic acids is 2. The van der Waals surface area contributed by atoms with Crippen molar-refractivity contribution in [2.75, 3.05) is 13.2 Å². The quantitative estimate of drug-likeness (QED) is 0.532. The van der Waals surface area contributed by atoms with Crippen LogP contribution in [0.3, 0.4) is 0 Å². The van der Waals surface area contributed by atoms with E-state index in [4.69, 9.17) is 10.6 Å². The van der Waals surface area contributed by atoms with Gasteiger partial charge in [-0.15, -0.1) is 0 Å². The molecule has 6 heteroatoms. The lowest BCUT2D eigenvalue weighted by Gasteiger charge is -2.16. The van der Waals surface area contributed by atoms with Crippen LogP contribution in [0.25, 0.3) is 0 Å². The zero-order valence-corrected chi connectivity index (χ0v) is 9.07. The summed E-state index contributed by atoms with van der Waals surface area (Å²) in [6.07, 6.45) is 3.48. The van der Waals surface area contributed by atoms with E-state index in [1.165, 1.54) is 12.8 Å². The molecule has 4 N–H and O–H groups in total. The highest BCUT2D eigenvalue weighted by Crippen LogP contribution is 2.37. The number of hydrogen-bond donors (Lipinski definition) is 3. The van der Waals surface area contributed by atoms with Crippen LogP contribution in [0, 0.1) is 11.8 Å². The molecule has 0 spiro atoms. The van der Waals surface area contributed by atoms with Gasteiger partial charge in [-0.25, -0.2) is 5.48 Å². The number of nitrogens with two attached hydrogens (primary N) is 1. The maximum Gasteiger partial charge on any atom is 0.260 e. The Balaban J connectivity index is 1.79. The Morgan fingerprint density at radius 1 is 1.44 bits per heavy atom. The van der Waals surface area contributed by atoms with E-state index in [2.05, 4.69) is 10.8 Å². The second-order valence-corrected chi connectivity index (χ2v) is 4.46. The largest absolute Gasteiger partial charge is 0.368 e. The first-order valence-electron chi connectivity index (χ1n) is 5.62. The first-order chi connectivity index (χ1) is 7.68. The van der Waals surface area contributed by atoms with Gasteiger partial charge in [-0.05, 0) is 31.2 Å². The number of amides is 2. The highest BCUT2D eigenvalue weighted by Gasteiger charge is 2.42. The monoisotopic (exact) mass is 227 g/mol. The maximum atomic E-state index is 11.7. The molecule has 1 aliphatic carbocycles. The Morgan fingerprint density at radius 3 is 3.00 bits per heavy atom. The molecule has 16 heavy (non-hydrogen) atoms. The third-order valence-electron chi connectivity index (χ3n) is 3.42. The minimum atomic E-state index is -0.599. The molecule has 3 unspecified atom stereocenters. The molecule has 0 bridgehead atoms. The average Bonchev–Trinajstić information content (AvgIpc) is 2.76. The Bertz CT molecular complexity index is 295. The summed E-state index contributed by atoms with van der Waals surface area (Å²) in [5.74, 6) is 0.234. The molecule has 0 aromatic heterocycles. The summed E-state index contributed by atoms with van der Waals surface area (Å²) in [4.78, 5) is 26.8. The van der Waals surface area contributed by atoms with Crippen molar-refractivity contribution in [2.24, 2.45) is 17.6 Å². The van der Waals surface area contributed by atoms with Gasteiger partial charge in [-0.1, -0.05) is 6.42 Å². The second-order valence-electron chi connectivity index (χ2n) is 4.46. The lowest BCUT2D eigenvalue weighted by Crippen LogP contribution is -2.44. The number of rotatable bonds is 4. The van der Waals surface area contributed by atoms with Crippen LogP contribution in [0.4, 0.5) is 0 Å². The van der Waals surface area contributed by atoms with Crippen molar-refractivity contribution in [3.05, 3.63) is 0 Å². The summed E-state index contributed by atoms with van der Waals surface area (Å²) in [5.41, 5.74) is 7.15. The highest BCUT2D eigenvalue weighted by molar-refractivity contribution is 5.82. The molecule has 90 valence electrons. The van der Waals surface area contributed by atoms with E-state index in [-0.39, 0.29) is 18.6 Å². The van der Waals surface area contributed by atoms with Gasteiger partial charge in [0.15, 0.2) is 6.61 Å². The Kier molecular flexibility index (Phi) is 3.40. The molecule has 0 aromatic carbocycles. The van der Waals surface area contributed by atoms with E-state index in [9.17, 15) is 9.59 Å². The fourth-order valence-electron chi connectivity index (χ4n) is 2.72. The summed E-state index contributed by atoms with van der Waals surface area (Å²) in [7, 11) is 0. The normalized spacial score (nSPS) is 32.4. The molecule has 0 aromatic rings. The summed E-state index contributed by atoms with van der Waals surface area (Å²) in [5, 5.41) is 3.19. The Labute approximate surface area is 93.8 Å². The first-order valence-corrected chi connectivity index (χ1v) is 5.62. The zero-order valence-electron chi connectivity index (χ0n) is 9.07. The predicted octanol–water partition coefficient (Wildman–Crippen LogP) is -1.09. The number of nitrogens with one attached hydrogen (secondary N) is 2. The third kappa shape index (κ3) is 2.33. The second kappa shape index (κ2) is 4.80. The van der Waals surface area contributed by atoms with Crippen LogP contribution in [0.2, 0.25) is 0 Å². The van der Waals surface area contributed by atoms with Crippen molar-refractivity contribution in [1.29, 1.82) is 0 Å². The van der Waals surface area contributed by atoms with Crippen molar-refractivity contribution in [3.63, 3.8) is 0 Å². The van der Waals surface area contributed by atoms with Gasteiger partial charge < -0.3 is 11.1 Å². The van der Waals surface area contributed by atoms with Crippen LogP contribution >= 0.6 is 0 Å². The van der Waals surface area contributed by atoms with Crippen molar-refractivity contribution >= 4 is 11.8 Å². The van der Waals surface area contributed by atoms with E-state index in [0.717, 1.165) is 13.0 Å². The highest BCUT2D eigenvalue weighted by atomic mass is 16.7. The number of primary amides is 1. The minimum Gasteiger partial charge on any atom is -0.368 e. The number of hydroxylamine groups is 1. The smallest absolute Gasteiger partial charge is 0.260 e. The van der Waals surface area contributed by atoms with Crippen LogP contribution in [-0.2, 0) is 14.4 Å². The molecule has 2 aliphatic rings. The lowest BCUT2D eigenvalue weighted by atomic mass is 9.94. The Morgan fingerprint density at radius 2 is 2.25 bits per heavy atom. The van der Waals surface area contributed by atoms with Crippen molar-refractivity contribution < 1.29 is 14.4 Å². The SMILES string of the molecule is NC(=O)CONC(=O)C1NCC2CCCC21. The fourth-order valence-corrected chi connectivity index (χ4v) is 2.72. The van der Waals surface area contributed by atoms with Crippen LogP contribution < -0.4 is 16.5 Å². The van der Waals surface area contributed by atoms with Crippen LogP contribution in [0.15, 0.2) is 0 Å². The Hall–Kier alpha value is -1.14. The third-order valence-corrected chi connectivity index (χ3v) is 3.42. The summed E-state index contributed by atoms with van der Waals surface area (Å²) in [6.45, 7) is 0.616. The number of fused-ring (bicyclic) bond motifs is 1. The average molecular weight is 227 g/mol. The van der Waals surface area contributed by atoms with Crippen LogP contribution in [0.5, 0.6) is 0 Å². The molecule has 0 radical (unpaired) electrons. The van der Waals surface area contributed by atoms with Gasteiger partial charge in [0, 0.05) is 0 Å². The molecule has 2 amide bonds. The van der Waals surface area contributed by atoms with E-state index in [0.29, 0.717) is 11.8 Å². The summed E-state index contributed by atoms with van der Waals surface area (Å²) in [6, 6.07) is -0.180. The topological polar surface area (TPSA) is 93.5 Å².